The molecule has 2 aromatic heterocycles. The first-order valence-corrected chi connectivity index (χ1v) is 14.3. The molecule has 0 unspecified atom stereocenters. The van der Waals surface area contributed by atoms with Crippen molar-refractivity contribution < 1.29 is 19.1 Å². The van der Waals surface area contributed by atoms with Gasteiger partial charge in [0.2, 0.25) is 5.91 Å². The summed E-state index contributed by atoms with van der Waals surface area (Å²) in [5, 5.41) is 2.62. The van der Waals surface area contributed by atoms with Gasteiger partial charge >= 0.3 is 6.09 Å². The molecule has 2 amide bonds. The summed E-state index contributed by atoms with van der Waals surface area (Å²) in [6.07, 6.45) is 4.85. The number of carbonyl (C=O) groups is 3. The van der Waals surface area contributed by atoms with E-state index < -0.39 is 18.0 Å². The second-order valence-electron chi connectivity index (χ2n) is 10.8. The van der Waals surface area contributed by atoms with Gasteiger partial charge in [-0.2, -0.15) is 0 Å². The van der Waals surface area contributed by atoms with Crippen molar-refractivity contribution in [3.8, 4) is 0 Å². The number of ether oxygens (including phenoxy) is 1. The highest BCUT2D eigenvalue weighted by Crippen LogP contribution is 2.20. The molecule has 0 radical (unpaired) electrons. The molecule has 43 heavy (non-hydrogen) atoms. The van der Waals surface area contributed by atoms with Crippen molar-refractivity contribution >= 4 is 28.8 Å². The third-order valence-electron chi connectivity index (χ3n) is 6.85. The molecule has 0 aliphatic carbocycles. The van der Waals surface area contributed by atoms with Gasteiger partial charge in [0.25, 0.3) is 5.56 Å². The number of pyridine rings is 1. The molecule has 224 valence electrons. The number of primary amides is 1. The molecule has 0 fully saturated rings. The van der Waals surface area contributed by atoms with Crippen LogP contribution in [-0.2, 0) is 40.3 Å². The number of ketones is 1. The Bertz CT molecular complexity index is 1660. The average molecular weight is 584 g/mol. The smallest absolute Gasteiger partial charge is 0.408 e. The van der Waals surface area contributed by atoms with Gasteiger partial charge < -0.3 is 25.3 Å². The molecule has 4 rings (SSSR count). The van der Waals surface area contributed by atoms with Crippen LogP contribution in [-0.4, -0.2) is 38.4 Å². The van der Waals surface area contributed by atoms with Crippen LogP contribution in [0.1, 0.15) is 49.2 Å². The molecule has 10 heteroatoms. The largest absolute Gasteiger partial charge is 0.445 e. The summed E-state index contributed by atoms with van der Waals surface area (Å²) >= 11 is 0. The van der Waals surface area contributed by atoms with Crippen molar-refractivity contribution in [2.75, 3.05) is 0 Å². The lowest BCUT2D eigenvalue weighted by Gasteiger charge is -2.17. The highest BCUT2D eigenvalue weighted by molar-refractivity contribution is 5.89. The van der Waals surface area contributed by atoms with E-state index in [1.54, 1.807) is 18.3 Å². The molecule has 2 heterocycles. The lowest BCUT2D eigenvalue weighted by molar-refractivity contribution is -0.120. The fraction of sp³-hybridized carbons (Fsp3) is 0.303. The normalized spacial score (nSPS) is 12.1. The first-order valence-electron chi connectivity index (χ1n) is 14.3. The van der Waals surface area contributed by atoms with Crippen LogP contribution in [0.25, 0.3) is 11.0 Å². The van der Waals surface area contributed by atoms with E-state index in [2.05, 4.69) is 30.2 Å². The van der Waals surface area contributed by atoms with Crippen molar-refractivity contribution in [2.24, 2.45) is 11.7 Å². The first kappa shape index (κ1) is 31.0. The van der Waals surface area contributed by atoms with Crippen LogP contribution in [0.15, 0.2) is 83.8 Å². The molecule has 0 aliphatic rings. The number of hydrogen-bond acceptors (Lipinski definition) is 6. The Balaban J connectivity index is 1.47. The maximum Gasteiger partial charge on any atom is 0.408 e. The lowest BCUT2D eigenvalue weighted by atomic mass is 10.0. The van der Waals surface area contributed by atoms with Crippen LogP contribution < -0.4 is 16.6 Å². The Hall–Kier alpha value is -4.99. The SMILES string of the molecule is CC(C)Cc1cccc2[nH]c(Cn3cccc(CC(=O)[C@H](CC/C=C/C(N)=O)NC(=O)OCc4ccccc4)c3=O)nc12. The summed E-state index contributed by atoms with van der Waals surface area (Å²) in [5.41, 5.74) is 8.87. The number of carbonyl (C=O) groups excluding carboxylic acids is 3. The minimum absolute atomic E-state index is 0.0410. The number of fused-ring (bicyclic) bond motifs is 1. The third-order valence-corrected chi connectivity index (χ3v) is 6.85. The second kappa shape index (κ2) is 14.8. The maximum atomic E-state index is 13.4. The van der Waals surface area contributed by atoms with E-state index in [-0.39, 0.29) is 37.3 Å². The number of nitrogens with zero attached hydrogens (tertiary/aromatic N) is 2. The van der Waals surface area contributed by atoms with Crippen LogP contribution in [0.4, 0.5) is 4.79 Å². The number of benzene rings is 2. The Morgan fingerprint density at radius 2 is 1.81 bits per heavy atom. The summed E-state index contributed by atoms with van der Waals surface area (Å²) in [6.45, 7) is 4.57. The molecule has 0 aliphatic heterocycles. The van der Waals surface area contributed by atoms with Gasteiger partial charge in [-0.1, -0.05) is 68.5 Å². The number of para-hydroxylation sites is 1. The van der Waals surface area contributed by atoms with Crippen LogP contribution in [0.2, 0.25) is 0 Å². The van der Waals surface area contributed by atoms with E-state index >= 15 is 0 Å². The number of H-pyrrole nitrogens is 1. The zero-order valence-corrected chi connectivity index (χ0v) is 24.4. The van der Waals surface area contributed by atoms with Crippen molar-refractivity contribution in [1.82, 2.24) is 19.9 Å². The monoisotopic (exact) mass is 583 g/mol. The standard InChI is InChI=1S/C33H37N5O5/c1-22(2)18-24-12-8-15-27-31(24)37-30(35-27)20-38-17-9-13-25(32(38)41)19-28(39)26(14-6-7-16-29(34)40)36-33(42)43-21-23-10-4-3-5-11-23/h3-5,7-13,15-17,22,26H,6,14,18-21H2,1-2H3,(H2,34,40)(H,35,37)(H,36,42)/b16-7+/t26-/m0/s1. The molecule has 0 spiro atoms. The van der Waals surface area contributed by atoms with E-state index in [0.29, 0.717) is 23.7 Å². The minimum atomic E-state index is -0.941. The van der Waals surface area contributed by atoms with E-state index in [4.69, 9.17) is 15.5 Å². The van der Waals surface area contributed by atoms with Crippen LogP contribution in [0, 0.1) is 5.92 Å². The quantitative estimate of drug-likeness (QED) is 0.190. The Morgan fingerprint density at radius 1 is 1.05 bits per heavy atom. The molecule has 1 atom stereocenters. The average Bonchev–Trinajstić information content (AvgIpc) is 3.39. The van der Waals surface area contributed by atoms with Crippen molar-refractivity contribution in [3.63, 3.8) is 0 Å². The molecule has 0 bridgehead atoms. The van der Waals surface area contributed by atoms with E-state index in [0.717, 1.165) is 28.6 Å². The molecule has 4 N–H and O–H groups in total. The molecule has 4 aromatic rings. The van der Waals surface area contributed by atoms with Crippen LogP contribution in [0.3, 0.4) is 0 Å². The second-order valence-corrected chi connectivity index (χ2v) is 10.8. The predicted molar refractivity (Wildman–Crippen MR) is 164 cm³/mol. The van der Waals surface area contributed by atoms with Crippen LogP contribution >= 0.6 is 0 Å². The van der Waals surface area contributed by atoms with E-state index in [1.807, 2.05) is 42.5 Å². The van der Waals surface area contributed by atoms with Gasteiger partial charge in [0, 0.05) is 18.2 Å². The van der Waals surface area contributed by atoms with Crippen LogP contribution in [0.5, 0.6) is 0 Å². The van der Waals surface area contributed by atoms with Crippen molar-refractivity contribution in [3.05, 3.63) is 112 Å². The number of imidazole rings is 1. The number of amides is 2. The zero-order chi connectivity index (χ0) is 30.8. The number of alkyl carbamates (subject to hydrolysis) is 1. The van der Waals surface area contributed by atoms with Gasteiger partial charge in [0.1, 0.15) is 12.4 Å². The van der Waals surface area contributed by atoms with Crippen molar-refractivity contribution in [2.45, 2.75) is 58.7 Å². The number of nitrogens with two attached hydrogens (primary N) is 1. The van der Waals surface area contributed by atoms with E-state index in [1.165, 1.54) is 16.7 Å². The fourth-order valence-electron chi connectivity index (χ4n) is 4.82. The summed E-state index contributed by atoms with van der Waals surface area (Å²) < 4.78 is 6.80. The Morgan fingerprint density at radius 3 is 2.56 bits per heavy atom. The summed E-state index contributed by atoms with van der Waals surface area (Å²) in [5.74, 6) is 0.147. The van der Waals surface area contributed by atoms with Gasteiger partial charge in [-0.3, -0.25) is 14.4 Å². The summed E-state index contributed by atoms with van der Waals surface area (Å²) in [6, 6.07) is 17.6. The number of aromatic amines is 1. The summed E-state index contributed by atoms with van der Waals surface area (Å²) in [7, 11) is 0. The molecule has 0 saturated heterocycles. The minimum Gasteiger partial charge on any atom is -0.445 e. The Labute approximate surface area is 250 Å². The van der Waals surface area contributed by atoms with Gasteiger partial charge in [-0.25, -0.2) is 9.78 Å². The van der Waals surface area contributed by atoms with Gasteiger partial charge in [0.15, 0.2) is 5.78 Å². The third kappa shape index (κ3) is 9.00. The number of hydrogen-bond donors (Lipinski definition) is 3. The molecule has 2 aromatic carbocycles. The predicted octanol–water partition coefficient (Wildman–Crippen LogP) is 4.20. The van der Waals surface area contributed by atoms with E-state index in [9.17, 15) is 19.2 Å². The number of nitrogens with one attached hydrogen (secondary N) is 2. The zero-order valence-electron chi connectivity index (χ0n) is 24.4. The van der Waals surface area contributed by atoms with Gasteiger partial charge in [0.05, 0.1) is 23.6 Å². The number of allylic oxidation sites excluding steroid dienone is 1. The highest BCUT2D eigenvalue weighted by Gasteiger charge is 2.22. The molecular formula is C33H37N5O5. The lowest BCUT2D eigenvalue weighted by Crippen LogP contribution is -2.42. The molecular weight excluding hydrogens is 546 g/mol. The number of aromatic nitrogens is 3. The fourth-order valence-corrected chi connectivity index (χ4v) is 4.82. The molecule has 10 nitrogen and oxygen atoms in total. The number of rotatable bonds is 14. The van der Waals surface area contributed by atoms with Crippen molar-refractivity contribution in [1.29, 1.82) is 0 Å². The highest BCUT2D eigenvalue weighted by atomic mass is 16.5. The number of Topliss-reactive ketones (excluding diaryl/α,β-unsaturated/α-hetero) is 1. The summed E-state index contributed by atoms with van der Waals surface area (Å²) in [4.78, 5) is 58.4. The maximum absolute atomic E-state index is 13.4. The molecule has 0 saturated carbocycles. The first-order chi connectivity index (χ1) is 20.7. The Kier molecular flexibility index (Phi) is 10.6. The topological polar surface area (TPSA) is 149 Å². The van der Waals surface area contributed by atoms with Gasteiger partial charge in [-0.05, 0) is 54.5 Å². The van der Waals surface area contributed by atoms with Gasteiger partial charge in [-0.15, -0.1) is 0 Å².